The molecule has 0 saturated carbocycles. The maximum Gasteiger partial charge on any atom is 0.170 e. The molecular formula is C16H16F2N2O. The lowest BCUT2D eigenvalue weighted by atomic mass is 10.0. The largest absolute Gasteiger partial charge is 0.294 e. The van der Waals surface area contributed by atoms with Crippen LogP contribution in [-0.2, 0) is 0 Å². The number of halogens is 2. The fourth-order valence-corrected chi connectivity index (χ4v) is 1.75. The first kappa shape index (κ1) is 16.6. The van der Waals surface area contributed by atoms with Gasteiger partial charge in [-0.1, -0.05) is 18.7 Å². The van der Waals surface area contributed by atoms with E-state index in [0.717, 1.165) is 0 Å². The summed E-state index contributed by atoms with van der Waals surface area (Å²) in [6.07, 6.45) is 2.99. The molecule has 5 heteroatoms. The summed E-state index contributed by atoms with van der Waals surface area (Å²) in [6, 6.07) is 2.58. The molecule has 0 aliphatic carbocycles. The highest BCUT2D eigenvalue weighted by Crippen LogP contribution is 2.25. The summed E-state index contributed by atoms with van der Waals surface area (Å²) in [5, 5.41) is 3.33. The monoisotopic (exact) mass is 290 g/mol. The molecule has 0 saturated heterocycles. The molecule has 1 rings (SSSR count). The lowest BCUT2D eigenvalue weighted by molar-refractivity contribution is 0.101. The van der Waals surface area contributed by atoms with E-state index in [9.17, 15) is 13.6 Å². The Labute approximate surface area is 122 Å². The summed E-state index contributed by atoms with van der Waals surface area (Å²) in [7, 11) is 0. The van der Waals surface area contributed by atoms with E-state index < -0.39 is 17.4 Å². The third-order valence-electron chi connectivity index (χ3n) is 3.07. The van der Waals surface area contributed by atoms with Gasteiger partial charge in [0.25, 0.3) is 0 Å². The Morgan fingerprint density at radius 1 is 1.19 bits per heavy atom. The van der Waals surface area contributed by atoms with Crippen LogP contribution in [0.15, 0.2) is 47.2 Å². The number of hydrogen-bond acceptors (Lipinski definition) is 3. The van der Waals surface area contributed by atoms with Crippen LogP contribution in [0.3, 0.4) is 0 Å². The molecule has 1 N–H and O–H groups in total. The van der Waals surface area contributed by atoms with Crippen LogP contribution in [0, 0.1) is 17.2 Å². The molecule has 0 heterocycles. The Balaban J connectivity index is 3.41. The van der Waals surface area contributed by atoms with Crippen LogP contribution in [0.2, 0.25) is 0 Å². The second kappa shape index (κ2) is 6.83. The summed E-state index contributed by atoms with van der Waals surface area (Å²) in [6.45, 7) is 8.03. The third-order valence-corrected chi connectivity index (χ3v) is 3.07. The van der Waals surface area contributed by atoms with Gasteiger partial charge in [0.15, 0.2) is 17.4 Å². The highest BCUT2D eigenvalue weighted by atomic mass is 19.2. The molecule has 0 aliphatic heterocycles. The fraction of sp³-hybridized carbons (Fsp3) is 0.188. The quantitative estimate of drug-likeness (QED) is 0.460. The van der Waals surface area contributed by atoms with Gasteiger partial charge in [-0.2, -0.15) is 5.11 Å². The van der Waals surface area contributed by atoms with Gasteiger partial charge < -0.3 is 0 Å². The van der Waals surface area contributed by atoms with E-state index in [0.29, 0.717) is 16.8 Å². The third kappa shape index (κ3) is 3.56. The van der Waals surface area contributed by atoms with E-state index in [4.69, 9.17) is 5.53 Å². The average Bonchev–Trinajstić information content (AvgIpc) is 2.45. The Hall–Kier alpha value is -2.43. The highest BCUT2D eigenvalue weighted by Gasteiger charge is 2.17. The van der Waals surface area contributed by atoms with Gasteiger partial charge in [0.05, 0.1) is 11.3 Å². The van der Waals surface area contributed by atoms with Crippen molar-refractivity contribution in [2.45, 2.75) is 20.8 Å². The number of benzene rings is 1. The first-order valence-corrected chi connectivity index (χ1v) is 6.21. The van der Waals surface area contributed by atoms with Crippen molar-refractivity contribution in [3.8, 4) is 0 Å². The lowest BCUT2D eigenvalue weighted by Crippen LogP contribution is -2.02. The van der Waals surface area contributed by atoms with E-state index >= 15 is 0 Å². The van der Waals surface area contributed by atoms with Crippen LogP contribution in [0.25, 0.3) is 5.57 Å². The Kier molecular flexibility index (Phi) is 5.41. The van der Waals surface area contributed by atoms with E-state index in [1.807, 2.05) is 0 Å². The SMILES string of the molecule is C=C/C(C)=C(\C=C(/C)c1ccc(C(C)=O)c(F)c1F)N=N. The van der Waals surface area contributed by atoms with Crippen molar-refractivity contribution in [3.63, 3.8) is 0 Å². The normalized spacial score (nSPS) is 12.7. The molecule has 0 fully saturated rings. The molecule has 0 aliphatic rings. The number of allylic oxidation sites excluding steroid dienone is 4. The number of carbonyl (C=O) groups excluding carboxylic acids is 1. The topological polar surface area (TPSA) is 53.3 Å². The highest BCUT2D eigenvalue weighted by molar-refractivity contribution is 5.94. The van der Waals surface area contributed by atoms with E-state index in [1.54, 1.807) is 13.8 Å². The summed E-state index contributed by atoms with van der Waals surface area (Å²) < 4.78 is 27.8. The minimum absolute atomic E-state index is 0.0236. The minimum atomic E-state index is -1.17. The molecular weight excluding hydrogens is 274 g/mol. The van der Waals surface area contributed by atoms with Gasteiger partial charge in [-0.3, -0.25) is 4.79 Å². The van der Waals surface area contributed by atoms with Crippen molar-refractivity contribution < 1.29 is 13.6 Å². The van der Waals surface area contributed by atoms with E-state index in [1.165, 1.54) is 31.2 Å². The predicted octanol–water partition coefficient (Wildman–Crippen LogP) is 5.06. The van der Waals surface area contributed by atoms with Crippen molar-refractivity contribution >= 4 is 11.4 Å². The van der Waals surface area contributed by atoms with Crippen molar-refractivity contribution in [2.75, 3.05) is 0 Å². The first-order valence-electron chi connectivity index (χ1n) is 6.21. The standard InChI is InChI=1S/C16H16F2N2O/c1-5-9(2)14(20-19)8-10(3)12-6-7-13(11(4)21)16(18)15(12)17/h5-8,19H,1H2,2-4H3/b10-8+,14-9+,20-19?. The van der Waals surface area contributed by atoms with Gasteiger partial charge in [-0.25, -0.2) is 14.3 Å². The average molecular weight is 290 g/mol. The zero-order valence-corrected chi connectivity index (χ0v) is 12.1. The van der Waals surface area contributed by atoms with Crippen molar-refractivity contribution in [2.24, 2.45) is 5.11 Å². The molecule has 1 aromatic carbocycles. The van der Waals surface area contributed by atoms with Gasteiger partial charge in [-0.15, -0.1) is 0 Å². The van der Waals surface area contributed by atoms with Crippen LogP contribution in [0.4, 0.5) is 8.78 Å². The Morgan fingerprint density at radius 3 is 2.19 bits per heavy atom. The maximum atomic E-state index is 14.0. The first-order chi connectivity index (χ1) is 9.83. The summed E-state index contributed by atoms with van der Waals surface area (Å²) in [4.78, 5) is 11.2. The summed E-state index contributed by atoms with van der Waals surface area (Å²) in [5.74, 6) is -2.79. The molecule has 0 aromatic heterocycles. The van der Waals surface area contributed by atoms with Crippen molar-refractivity contribution in [1.29, 1.82) is 5.53 Å². The zero-order chi connectivity index (χ0) is 16.2. The van der Waals surface area contributed by atoms with Crippen molar-refractivity contribution in [3.05, 3.63) is 64.9 Å². The van der Waals surface area contributed by atoms with Gasteiger partial charge in [0.1, 0.15) is 0 Å². The molecule has 3 nitrogen and oxygen atoms in total. The van der Waals surface area contributed by atoms with Crippen molar-refractivity contribution in [1.82, 2.24) is 0 Å². The van der Waals surface area contributed by atoms with Gasteiger partial charge in [0, 0.05) is 5.56 Å². The van der Waals surface area contributed by atoms with E-state index in [-0.39, 0.29) is 11.1 Å². The van der Waals surface area contributed by atoms with Gasteiger partial charge >= 0.3 is 0 Å². The number of rotatable bonds is 5. The zero-order valence-electron chi connectivity index (χ0n) is 12.1. The molecule has 0 bridgehead atoms. The molecule has 1 aromatic rings. The van der Waals surface area contributed by atoms with Crippen LogP contribution in [0.1, 0.15) is 36.7 Å². The molecule has 0 unspecified atom stereocenters. The number of carbonyl (C=O) groups is 1. The van der Waals surface area contributed by atoms with Crippen LogP contribution < -0.4 is 0 Å². The number of Topliss-reactive ketones (excluding diaryl/α,β-unsaturated/α-hetero) is 1. The Bertz CT molecular complexity index is 673. The maximum absolute atomic E-state index is 14.0. The number of nitrogens with one attached hydrogen (secondary N) is 1. The second-order valence-corrected chi connectivity index (χ2v) is 4.56. The second-order valence-electron chi connectivity index (χ2n) is 4.56. The van der Waals surface area contributed by atoms with Crippen LogP contribution in [0.5, 0.6) is 0 Å². The molecule has 0 radical (unpaired) electrons. The summed E-state index contributed by atoms with van der Waals surface area (Å²) in [5.41, 5.74) is 8.18. The summed E-state index contributed by atoms with van der Waals surface area (Å²) >= 11 is 0. The molecule has 0 atom stereocenters. The van der Waals surface area contributed by atoms with Crippen LogP contribution in [-0.4, -0.2) is 5.78 Å². The predicted molar refractivity (Wildman–Crippen MR) is 78.1 cm³/mol. The molecule has 110 valence electrons. The van der Waals surface area contributed by atoms with Gasteiger partial charge in [-0.05, 0) is 44.1 Å². The van der Waals surface area contributed by atoms with E-state index in [2.05, 4.69) is 11.7 Å². The number of nitrogens with zero attached hydrogens (tertiary/aromatic N) is 1. The lowest BCUT2D eigenvalue weighted by Gasteiger charge is -2.08. The number of hydrogen-bond donors (Lipinski definition) is 1. The van der Waals surface area contributed by atoms with Crippen LogP contribution >= 0.6 is 0 Å². The molecule has 21 heavy (non-hydrogen) atoms. The number of ketones is 1. The molecule has 0 spiro atoms. The smallest absolute Gasteiger partial charge is 0.170 e. The Morgan fingerprint density at radius 2 is 1.71 bits per heavy atom. The minimum Gasteiger partial charge on any atom is -0.294 e. The fourth-order valence-electron chi connectivity index (χ4n) is 1.75. The molecule has 0 amide bonds. The van der Waals surface area contributed by atoms with Gasteiger partial charge in [0.2, 0.25) is 0 Å².